The lowest BCUT2D eigenvalue weighted by Gasteiger charge is -2.33. The third-order valence-electron chi connectivity index (χ3n) is 5.01. The molecule has 0 amide bonds. The number of nitrogens with one attached hydrogen (secondary N) is 1. The van der Waals surface area contributed by atoms with Crippen LogP contribution >= 0.6 is 0 Å². The van der Waals surface area contributed by atoms with E-state index in [2.05, 4.69) is 47.4 Å². The largest absolute Gasteiger partial charge is 0.508 e. The molecule has 2 N–H and O–H groups in total. The van der Waals surface area contributed by atoms with Crippen LogP contribution in [0, 0.1) is 0 Å². The molecule has 0 atom stereocenters. The Morgan fingerprint density at radius 1 is 0.833 bits per heavy atom. The Morgan fingerprint density at radius 3 is 2.33 bits per heavy atom. The molecule has 1 heterocycles. The zero-order chi connectivity index (χ0) is 16.4. The highest BCUT2D eigenvalue weighted by Gasteiger charge is 2.20. The highest BCUT2D eigenvalue weighted by Crippen LogP contribution is 2.19. The Morgan fingerprint density at radius 2 is 1.54 bits per heavy atom. The normalized spacial score (nSPS) is 15.8. The van der Waals surface area contributed by atoms with Crippen molar-refractivity contribution < 1.29 is 10.0 Å². The zero-order valence-corrected chi connectivity index (χ0v) is 13.8. The average molecular weight is 319 g/mol. The van der Waals surface area contributed by atoms with Crippen molar-refractivity contribution in [3.63, 3.8) is 0 Å². The molecular weight excluding hydrogens is 296 g/mol. The maximum Gasteiger partial charge on any atom is 0.115 e. The van der Waals surface area contributed by atoms with Crippen LogP contribution in [0.4, 0.5) is 5.69 Å². The van der Waals surface area contributed by atoms with Gasteiger partial charge in [0.05, 0.1) is 26.2 Å². The van der Waals surface area contributed by atoms with Gasteiger partial charge in [-0.3, -0.25) is 0 Å². The summed E-state index contributed by atoms with van der Waals surface area (Å²) in [6, 6.07) is 22.8. The molecule has 3 aromatic rings. The van der Waals surface area contributed by atoms with Crippen LogP contribution in [0.2, 0.25) is 0 Å². The molecule has 0 radical (unpaired) electrons. The molecule has 1 fully saturated rings. The molecule has 0 bridgehead atoms. The van der Waals surface area contributed by atoms with Gasteiger partial charge in [-0.25, -0.2) is 0 Å². The van der Waals surface area contributed by atoms with Crippen LogP contribution in [-0.4, -0.2) is 31.3 Å². The number of hydrogen-bond donors (Lipinski definition) is 2. The molecule has 0 aromatic heterocycles. The van der Waals surface area contributed by atoms with Crippen LogP contribution in [-0.2, 0) is 6.54 Å². The van der Waals surface area contributed by atoms with E-state index in [9.17, 15) is 5.11 Å². The van der Waals surface area contributed by atoms with Crippen molar-refractivity contribution >= 4 is 16.5 Å². The van der Waals surface area contributed by atoms with Gasteiger partial charge in [0.1, 0.15) is 12.3 Å². The second-order valence-electron chi connectivity index (χ2n) is 6.57. The SMILES string of the molecule is Oc1ccc(N2CC[NH+](Cc3cccc4ccccc34)CC2)cc1. The van der Waals surface area contributed by atoms with Crippen molar-refractivity contribution in [3.8, 4) is 5.75 Å². The summed E-state index contributed by atoms with van der Waals surface area (Å²) < 4.78 is 0. The topological polar surface area (TPSA) is 27.9 Å². The minimum atomic E-state index is 0.332. The highest BCUT2D eigenvalue weighted by molar-refractivity contribution is 5.85. The summed E-state index contributed by atoms with van der Waals surface area (Å²) in [6.45, 7) is 5.49. The second-order valence-corrected chi connectivity index (χ2v) is 6.57. The number of benzene rings is 3. The van der Waals surface area contributed by atoms with E-state index >= 15 is 0 Å². The molecule has 4 rings (SSSR count). The Labute approximate surface area is 142 Å². The minimum absolute atomic E-state index is 0.332. The van der Waals surface area contributed by atoms with Gasteiger partial charge in [0.25, 0.3) is 0 Å². The summed E-state index contributed by atoms with van der Waals surface area (Å²) in [5.74, 6) is 0.332. The molecule has 1 aliphatic rings. The predicted octanol–water partition coefficient (Wildman–Crippen LogP) is 2.45. The van der Waals surface area contributed by atoms with Crippen LogP contribution in [0.5, 0.6) is 5.75 Å². The molecule has 1 aliphatic heterocycles. The predicted molar refractivity (Wildman–Crippen MR) is 98.7 cm³/mol. The van der Waals surface area contributed by atoms with E-state index in [1.54, 1.807) is 17.0 Å². The van der Waals surface area contributed by atoms with Crippen LogP contribution in [0.25, 0.3) is 10.8 Å². The van der Waals surface area contributed by atoms with E-state index in [0.717, 1.165) is 32.7 Å². The highest BCUT2D eigenvalue weighted by atomic mass is 16.3. The first-order valence-corrected chi connectivity index (χ1v) is 8.64. The van der Waals surface area contributed by atoms with Gasteiger partial charge in [-0.2, -0.15) is 0 Å². The van der Waals surface area contributed by atoms with E-state index in [1.165, 1.54) is 22.0 Å². The van der Waals surface area contributed by atoms with Gasteiger partial charge in [-0.05, 0) is 35.0 Å². The molecule has 0 spiro atoms. The van der Waals surface area contributed by atoms with E-state index in [1.807, 2.05) is 12.1 Å². The lowest BCUT2D eigenvalue weighted by Crippen LogP contribution is -3.13. The van der Waals surface area contributed by atoms with Crippen molar-refractivity contribution in [1.82, 2.24) is 0 Å². The summed E-state index contributed by atoms with van der Waals surface area (Å²) in [5.41, 5.74) is 2.65. The Balaban J connectivity index is 1.43. The molecule has 3 heteroatoms. The van der Waals surface area contributed by atoms with Crippen molar-refractivity contribution in [2.45, 2.75) is 6.54 Å². The van der Waals surface area contributed by atoms with Crippen LogP contribution in [0.1, 0.15) is 5.56 Å². The van der Waals surface area contributed by atoms with Crippen molar-refractivity contribution in [3.05, 3.63) is 72.3 Å². The number of hydrogen-bond acceptors (Lipinski definition) is 2. The first-order chi connectivity index (χ1) is 11.8. The number of anilines is 1. The van der Waals surface area contributed by atoms with Gasteiger partial charge in [0.15, 0.2) is 0 Å². The smallest absolute Gasteiger partial charge is 0.115 e. The summed E-state index contributed by atoms with van der Waals surface area (Å²) in [7, 11) is 0. The first-order valence-electron chi connectivity index (χ1n) is 8.64. The number of fused-ring (bicyclic) bond motifs is 1. The van der Waals surface area contributed by atoms with E-state index in [0.29, 0.717) is 5.75 Å². The molecular formula is C21H23N2O+. The number of piperazine rings is 1. The van der Waals surface area contributed by atoms with Crippen LogP contribution in [0.3, 0.4) is 0 Å². The molecule has 24 heavy (non-hydrogen) atoms. The summed E-state index contributed by atoms with van der Waals surface area (Å²) >= 11 is 0. The number of phenolic OH excluding ortho intramolecular Hbond substituents is 1. The molecule has 0 aliphatic carbocycles. The van der Waals surface area contributed by atoms with Gasteiger partial charge in [0, 0.05) is 11.3 Å². The molecule has 0 saturated carbocycles. The van der Waals surface area contributed by atoms with Crippen molar-refractivity contribution in [2.24, 2.45) is 0 Å². The van der Waals surface area contributed by atoms with Gasteiger partial charge in [-0.1, -0.05) is 42.5 Å². The lowest BCUT2D eigenvalue weighted by atomic mass is 10.0. The maximum absolute atomic E-state index is 9.43. The van der Waals surface area contributed by atoms with Crippen molar-refractivity contribution in [1.29, 1.82) is 0 Å². The fourth-order valence-electron chi connectivity index (χ4n) is 3.64. The number of phenols is 1. The Bertz CT molecular complexity index is 815. The Hall–Kier alpha value is -2.52. The third-order valence-corrected chi connectivity index (χ3v) is 5.01. The van der Waals surface area contributed by atoms with Gasteiger partial charge >= 0.3 is 0 Å². The average Bonchev–Trinajstić information content (AvgIpc) is 2.63. The standard InChI is InChI=1S/C21H22N2O/c24-20-10-8-19(9-11-20)23-14-12-22(13-15-23)16-18-6-3-5-17-4-1-2-7-21(17)18/h1-11,24H,12-16H2/p+1. The van der Waals surface area contributed by atoms with Crippen LogP contribution in [0.15, 0.2) is 66.7 Å². The van der Waals surface area contributed by atoms with E-state index in [-0.39, 0.29) is 0 Å². The molecule has 1 saturated heterocycles. The van der Waals surface area contributed by atoms with Gasteiger partial charge < -0.3 is 14.9 Å². The van der Waals surface area contributed by atoms with Crippen molar-refractivity contribution in [2.75, 3.05) is 31.1 Å². The minimum Gasteiger partial charge on any atom is -0.508 e. The summed E-state index contributed by atoms with van der Waals surface area (Å²) in [6.07, 6.45) is 0. The monoisotopic (exact) mass is 319 g/mol. The summed E-state index contributed by atoms with van der Waals surface area (Å²) in [5, 5.41) is 12.1. The first kappa shape index (κ1) is 15.0. The fourth-order valence-corrected chi connectivity index (χ4v) is 3.64. The third kappa shape index (κ3) is 3.08. The summed E-state index contributed by atoms with van der Waals surface area (Å²) in [4.78, 5) is 4.05. The van der Waals surface area contributed by atoms with Gasteiger partial charge in [0.2, 0.25) is 0 Å². The number of rotatable bonds is 3. The Kier molecular flexibility index (Phi) is 4.09. The number of nitrogens with zero attached hydrogens (tertiary/aromatic N) is 1. The number of quaternary nitrogens is 1. The molecule has 3 aromatic carbocycles. The van der Waals surface area contributed by atoms with E-state index in [4.69, 9.17) is 0 Å². The fraction of sp³-hybridized carbons (Fsp3) is 0.238. The second kappa shape index (κ2) is 6.54. The zero-order valence-electron chi connectivity index (χ0n) is 13.8. The van der Waals surface area contributed by atoms with Crippen LogP contribution < -0.4 is 9.80 Å². The van der Waals surface area contributed by atoms with E-state index < -0.39 is 0 Å². The van der Waals surface area contributed by atoms with Gasteiger partial charge in [-0.15, -0.1) is 0 Å². The molecule has 3 nitrogen and oxygen atoms in total. The maximum atomic E-state index is 9.43. The quantitative estimate of drug-likeness (QED) is 0.776. The number of aromatic hydroxyl groups is 1. The molecule has 122 valence electrons. The molecule has 0 unspecified atom stereocenters. The lowest BCUT2D eigenvalue weighted by molar-refractivity contribution is -0.914.